The summed E-state index contributed by atoms with van der Waals surface area (Å²) in [6.45, 7) is 0.442. The van der Waals surface area contributed by atoms with Gasteiger partial charge in [-0.1, -0.05) is 42.1 Å². The first-order chi connectivity index (χ1) is 10.2. The topological polar surface area (TPSA) is 79.2 Å². The van der Waals surface area contributed by atoms with Gasteiger partial charge in [-0.25, -0.2) is 0 Å². The van der Waals surface area contributed by atoms with Gasteiger partial charge in [-0.2, -0.15) is 5.10 Å². The van der Waals surface area contributed by atoms with Crippen LogP contribution in [0.1, 0.15) is 12.0 Å². The molecule has 0 saturated carbocycles. The van der Waals surface area contributed by atoms with Crippen molar-refractivity contribution in [3.05, 3.63) is 68.7 Å². The fourth-order valence-corrected chi connectivity index (χ4v) is 3.01. The van der Waals surface area contributed by atoms with E-state index in [1.165, 1.54) is 16.8 Å². The lowest BCUT2D eigenvalue weighted by atomic mass is 10.2. The van der Waals surface area contributed by atoms with Crippen molar-refractivity contribution in [1.29, 1.82) is 0 Å². The van der Waals surface area contributed by atoms with Gasteiger partial charge in [-0.05, 0) is 6.42 Å². The van der Waals surface area contributed by atoms with Crippen LogP contribution in [0.2, 0.25) is 0 Å². The lowest BCUT2D eigenvalue weighted by Gasteiger charge is -2.10. The third-order valence-electron chi connectivity index (χ3n) is 3.09. The Bertz CT molecular complexity index is 766. The number of hydrazone groups is 1. The molecule has 0 spiro atoms. The first kappa shape index (κ1) is 13.7. The number of H-pyrrole nitrogens is 1. The smallest absolute Gasteiger partial charge is 0.265 e. The highest BCUT2D eigenvalue weighted by molar-refractivity contribution is 8.15. The average Bonchev–Trinajstić information content (AvgIpc) is 2.98. The zero-order valence-corrected chi connectivity index (χ0v) is 12.0. The molecule has 1 atom stereocenters. The molecule has 0 bridgehead atoms. The molecule has 2 N–H and O–H groups in total. The fraction of sp³-hybridized carbons (Fsp3) is 0.214. The van der Waals surface area contributed by atoms with Crippen LogP contribution in [0, 0.1) is 0 Å². The molecular formula is C14H14N4O2S. The minimum absolute atomic E-state index is 0.0933. The molecule has 7 heteroatoms. The molecular weight excluding hydrogens is 288 g/mol. The molecule has 0 aliphatic carbocycles. The number of aromatic nitrogens is 2. The van der Waals surface area contributed by atoms with E-state index in [-0.39, 0.29) is 16.5 Å². The van der Waals surface area contributed by atoms with Crippen LogP contribution in [0.15, 0.2) is 57.2 Å². The van der Waals surface area contributed by atoms with Crippen molar-refractivity contribution in [2.75, 3.05) is 0 Å². The minimum Gasteiger partial charge on any atom is -0.295 e. The van der Waals surface area contributed by atoms with E-state index in [0.717, 1.165) is 10.6 Å². The lowest BCUT2D eigenvalue weighted by Crippen LogP contribution is -2.30. The Morgan fingerprint density at radius 2 is 1.95 bits per heavy atom. The van der Waals surface area contributed by atoms with Gasteiger partial charge < -0.3 is 0 Å². The average molecular weight is 302 g/mol. The van der Waals surface area contributed by atoms with Gasteiger partial charge in [0.25, 0.3) is 11.1 Å². The Morgan fingerprint density at radius 3 is 2.76 bits per heavy atom. The Hall–Kier alpha value is -2.28. The summed E-state index contributed by atoms with van der Waals surface area (Å²) in [6, 6.07) is 12.4. The van der Waals surface area contributed by atoms with Crippen molar-refractivity contribution < 1.29 is 0 Å². The molecule has 2 aromatic rings. The number of nitrogens with zero attached hydrogens (tertiary/aromatic N) is 2. The van der Waals surface area contributed by atoms with Crippen molar-refractivity contribution in [3.8, 4) is 0 Å². The van der Waals surface area contributed by atoms with Crippen molar-refractivity contribution >= 4 is 16.8 Å². The van der Waals surface area contributed by atoms with Crippen LogP contribution in [0.4, 0.5) is 0 Å². The van der Waals surface area contributed by atoms with Crippen LogP contribution in [0.25, 0.3) is 0 Å². The van der Waals surface area contributed by atoms with Crippen LogP contribution in [-0.4, -0.2) is 20.2 Å². The zero-order chi connectivity index (χ0) is 14.7. The van der Waals surface area contributed by atoms with Crippen LogP contribution in [-0.2, 0) is 6.54 Å². The molecule has 3 rings (SSSR count). The summed E-state index contributed by atoms with van der Waals surface area (Å²) in [5.74, 6) is 0. The molecule has 0 unspecified atom stereocenters. The number of hydrogen-bond donors (Lipinski definition) is 2. The molecule has 0 radical (unpaired) electrons. The SMILES string of the molecule is O=c1ccc(=O)n(CC[C@@H]2NN=C(c3ccccc3)S2)[nH]1. The largest absolute Gasteiger partial charge is 0.295 e. The number of aromatic amines is 1. The molecule has 6 nitrogen and oxygen atoms in total. The highest BCUT2D eigenvalue weighted by Crippen LogP contribution is 2.24. The van der Waals surface area contributed by atoms with Gasteiger partial charge in [-0.3, -0.25) is 24.8 Å². The summed E-state index contributed by atoms with van der Waals surface area (Å²) in [6.07, 6.45) is 0.685. The second kappa shape index (κ2) is 6.01. The maximum Gasteiger partial charge on any atom is 0.265 e. The maximum atomic E-state index is 11.6. The molecule has 1 aliphatic heterocycles. The Labute approximate surface area is 124 Å². The number of thioether (sulfide) groups is 1. The van der Waals surface area contributed by atoms with Gasteiger partial charge in [0.15, 0.2) is 0 Å². The number of aryl methyl sites for hydroxylation is 1. The van der Waals surface area contributed by atoms with Crippen molar-refractivity contribution in [2.45, 2.75) is 18.3 Å². The zero-order valence-electron chi connectivity index (χ0n) is 11.2. The number of rotatable bonds is 4. The molecule has 2 heterocycles. The van der Waals surface area contributed by atoms with Gasteiger partial charge in [0.2, 0.25) is 0 Å². The van der Waals surface area contributed by atoms with Crippen molar-refractivity contribution in [1.82, 2.24) is 15.2 Å². The van der Waals surface area contributed by atoms with E-state index < -0.39 is 0 Å². The quantitative estimate of drug-likeness (QED) is 0.881. The van der Waals surface area contributed by atoms with Gasteiger partial charge in [0, 0.05) is 24.2 Å². The second-order valence-corrected chi connectivity index (χ2v) is 5.80. The maximum absolute atomic E-state index is 11.6. The standard InChI is InChI=1S/C14H14N4O2S/c19-11-6-7-13(20)18(17-11)9-8-12-15-16-14(21-12)10-4-2-1-3-5-10/h1-7,12,15H,8-9H2,(H,17,19)/t12-/m1/s1. The van der Waals surface area contributed by atoms with E-state index in [0.29, 0.717) is 13.0 Å². The lowest BCUT2D eigenvalue weighted by molar-refractivity contribution is 0.509. The minimum atomic E-state index is -0.275. The van der Waals surface area contributed by atoms with Gasteiger partial charge in [-0.15, -0.1) is 0 Å². The fourth-order valence-electron chi connectivity index (χ4n) is 2.03. The van der Waals surface area contributed by atoms with E-state index in [1.807, 2.05) is 30.3 Å². The third-order valence-corrected chi connectivity index (χ3v) is 4.26. The molecule has 1 aliphatic rings. The van der Waals surface area contributed by atoms with E-state index in [4.69, 9.17) is 0 Å². The van der Waals surface area contributed by atoms with Crippen LogP contribution < -0.4 is 16.5 Å². The van der Waals surface area contributed by atoms with Gasteiger partial charge >= 0.3 is 0 Å². The van der Waals surface area contributed by atoms with E-state index >= 15 is 0 Å². The first-order valence-electron chi connectivity index (χ1n) is 6.58. The predicted octanol–water partition coefficient (Wildman–Crippen LogP) is 0.951. The summed E-state index contributed by atoms with van der Waals surface area (Å²) in [5, 5.41) is 7.86. The van der Waals surface area contributed by atoms with Crippen LogP contribution >= 0.6 is 11.8 Å². The molecule has 0 amide bonds. The molecule has 108 valence electrons. The predicted molar refractivity (Wildman–Crippen MR) is 83.4 cm³/mol. The van der Waals surface area contributed by atoms with E-state index in [9.17, 15) is 9.59 Å². The van der Waals surface area contributed by atoms with Crippen molar-refractivity contribution in [2.24, 2.45) is 5.10 Å². The number of benzene rings is 1. The Morgan fingerprint density at radius 1 is 1.14 bits per heavy atom. The number of hydrogen-bond acceptors (Lipinski definition) is 5. The van der Waals surface area contributed by atoms with E-state index in [1.54, 1.807) is 11.8 Å². The Balaban J connectivity index is 1.61. The highest BCUT2D eigenvalue weighted by Gasteiger charge is 2.20. The molecule has 0 saturated heterocycles. The Kier molecular flexibility index (Phi) is 3.92. The molecule has 0 fully saturated rings. The molecule has 1 aromatic carbocycles. The number of nitrogens with one attached hydrogen (secondary N) is 2. The van der Waals surface area contributed by atoms with E-state index in [2.05, 4.69) is 15.6 Å². The summed E-state index contributed by atoms with van der Waals surface area (Å²) in [4.78, 5) is 22.8. The molecule has 21 heavy (non-hydrogen) atoms. The molecule has 1 aromatic heterocycles. The van der Waals surface area contributed by atoms with Crippen molar-refractivity contribution in [3.63, 3.8) is 0 Å². The highest BCUT2D eigenvalue weighted by atomic mass is 32.2. The normalized spacial score (nSPS) is 17.3. The first-order valence-corrected chi connectivity index (χ1v) is 7.46. The summed E-state index contributed by atoms with van der Waals surface area (Å²) in [5.41, 5.74) is 3.64. The monoisotopic (exact) mass is 302 g/mol. The van der Waals surface area contributed by atoms with Gasteiger partial charge in [0.05, 0.1) is 5.37 Å². The summed E-state index contributed by atoms with van der Waals surface area (Å²) >= 11 is 1.62. The van der Waals surface area contributed by atoms with Crippen LogP contribution in [0.5, 0.6) is 0 Å². The van der Waals surface area contributed by atoms with Gasteiger partial charge in [0.1, 0.15) is 5.04 Å². The third kappa shape index (κ3) is 3.25. The van der Waals surface area contributed by atoms with Crippen LogP contribution in [0.3, 0.4) is 0 Å². The summed E-state index contributed by atoms with van der Waals surface area (Å²) in [7, 11) is 0. The second-order valence-electron chi connectivity index (χ2n) is 4.61. The summed E-state index contributed by atoms with van der Waals surface area (Å²) < 4.78 is 1.32.